The third-order valence-electron chi connectivity index (χ3n) is 3.77. The van der Waals surface area contributed by atoms with Crippen LogP contribution in [-0.2, 0) is 11.2 Å². The van der Waals surface area contributed by atoms with Gasteiger partial charge in [-0.25, -0.2) is 0 Å². The van der Waals surface area contributed by atoms with Crippen LogP contribution in [0.5, 0.6) is 5.75 Å². The fraction of sp³-hybridized carbons (Fsp3) is 0.350. The summed E-state index contributed by atoms with van der Waals surface area (Å²) in [5.74, 6) is 0.650. The lowest BCUT2D eigenvalue weighted by atomic mass is 10.1. The number of rotatable bonds is 7. The summed E-state index contributed by atoms with van der Waals surface area (Å²) >= 11 is 0. The zero-order valence-electron chi connectivity index (χ0n) is 14.1. The first kappa shape index (κ1) is 17.1. The Morgan fingerprint density at radius 1 is 1.09 bits per heavy atom. The van der Waals surface area contributed by atoms with E-state index in [0.29, 0.717) is 0 Å². The minimum atomic E-state index is -0.504. The molecule has 122 valence electrons. The van der Waals surface area contributed by atoms with Crippen molar-refractivity contribution < 1.29 is 9.53 Å². The summed E-state index contributed by atoms with van der Waals surface area (Å²) in [7, 11) is 0. The number of carbonyl (C=O) groups excluding carboxylic acids is 1. The Labute approximate surface area is 138 Å². The van der Waals surface area contributed by atoms with Crippen LogP contribution in [0.2, 0.25) is 0 Å². The number of nitrogens with one attached hydrogen (secondary N) is 1. The zero-order chi connectivity index (χ0) is 16.7. The minimum absolute atomic E-state index is 0.0768. The Morgan fingerprint density at radius 3 is 2.52 bits per heavy atom. The average Bonchev–Trinajstić information content (AvgIpc) is 2.54. The SMILES string of the molecule is Cc1cccc(O[C@H](C)C(=O)N[C@H](C)CCc2ccccc2)c1. The summed E-state index contributed by atoms with van der Waals surface area (Å²) in [6, 6.07) is 18.2. The molecule has 0 aliphatic carbocycles. The van der Waals surface area contributed by atoms with Crippen LogP contribution in [0.1, 0.15) is 31.4 Å². The number of aryl methyl sites for hydroxylation is 2. The Morgan fingerprint density at radius 2 is 1.83 bits per heavy atom. The molecular formula is C20H25NO2. The molecule has 0 radical (unpaired) electrons. The molecule has 1 N–H and O–H groups in total. The van der Waals surface area contributed by atoms with Gasteiger partial charge in [-0.05, 0) is 56.9 Å². The number of amides is 1. The zero-order valence-corrected chi connectivity index (χ0v) is 14.1. The first-order valence-corrected chi connectivity index (χ1v) is 8.12. The van der Waals surface area contributed by atoms with Crippen molar-refractivity contribution in [3.05, 3.63) is 65.7 Å². The van der Waals surface area contributed by atoms with Gasteiger partial charge in [0.2, 0.25) is 0 Å². The van der Waals surface area contributed by atoms with Crippen molar-refractivity contribution >= 4 is 5.91 Å². The first-order valence-electron chi connectivity index (χ1n) is 8.12. The molecule has 0 aliphatic heterocycles. The number of hydrogen-bond donors (Lipinski definition) is 1. The van der Waals surface area contributed by atoms with Gasteiger partial charge in [0, 0.05) is 6.04 Å². The van der Waals surface area contributed by atoms with Crippen LogP contribution in [0, 0.1) is 6.92 Å². The van der Waals surface area contributed by atoms with E-state index in [9.17, 15) is 4.79 Å². The molecule has 3 nitrogen and oxygen atoms in total. The molecule has 2 aromatic carbocycles. The topological polar surface area (TPSA) is 38.3 Å². The van der Waals surface area contributed by atoms with Gasteiger partial charge in [0.05, 0.1) is 0 Å². The van der Waals surface area contributed by atoms with Gasteiger partial charge < -0.3 is 10.1 Å². The maximum Gasteiger partial charge on any atom is 0.260 e. The molecule has 0 aromatic heterocycles. The summed E-state index contributed by atoms with van der Waals surface area (Å²) in [5, 5.41) is 3.02. The Kier molecular flexibility index (Phi) is 6.21. The number of ether oxygens (including phenoxy) is 1. The average molecular weight is 311 g/mol. The third kappa shape index (κ3) is 5.78. The van der Waals surface area contributed by atoms with E-state index in [1.54, 1.807) is 6.92 Å². The Bertz CT molecular complexity index is 625. The van der Waals surface area contributed by atoms with Crippen molar-refractivity contribution in [1.29, 1.82) is 0 Å². The number of benzene rings is 2. The molecule has 2 aromatic rings. The second-order valence-electron chi connectivity index (χ2n) is 6.01. The van der Waals surface area contributed by atoms with Gasteiger partial charge in [-0.3, -0.25) is 4.79 Å². The predicted molar refractivity (Wildman–Crippen MR) is 93.6 cm³/mol. The molecule has 0 bridgehead atoms. The summed E-state index contributed by atoms with van der Waals surface area (Å²) in [6.07, 6.45) is 1.36. The van der Waals surface area contributed by atoms with Crippen LogP contribution in [0.15, 0.2) is 54.6 Å². The molecule has 0 fully saturated rings. The lowest BCUT2D eigenvalue weighted by Gasteiger charge is -2.19. The summed E-state index contributed by atoms with van der Waals surface area (Å²) < 4.78 is 5.71. The van der Waals surface area contributed by atoms with Gasteiger partial charge in [-0.15, -0.1) is 0 Å². The quantitative estimate of drug-likeness (QED) is 0.842. The highest BCUT2D eigenvalue weighted by molar-refractivity contribution is 5.80. The van der Waals surface area contributed by atoms with Crippen molar-refractivity contribution in [1.82, 2.24) is 5.32 Å². The molecule has 0 heterocycles. The number of carbonyl (C=O) groups is 1. The van der Waals surface area contributed by atoms with E-state index >= 15 is 0 Å². The van der Waals surface area contributed by atoms with Crippen LogP contribution < -0.4 is 10.1 Å². The highest BCUT2D eigenvalue weighted by atomic mass is 16.5. The lowest BCUT2D eigenvalue weighted by Crippen LogP contribution is -2.41. The first-order chi connectivity index (χ1) is 11.0. The monoisotopic (exact) mass is 311 g/mol. The molecule has 2 rings (SSSR count). The second-order valence-corrected chi connectivity index (χ2v) is 6.01. The van der Waals surface area contributed by atoms with Gasteiger partial charge in [0.15, 0.2) is 6.10 Å². The van der Waals surface area contributed by atoms with E-state index in [4.69, 9.17) is 4.74 Å². The van der Waals surface area contributed by atoms with Gasteiger partial charge in [0.1, 0.15) is 5.75 Å². The molecule has 0 aliphatic rings. The maximum atomic E-state index is 12.2. The standard InChI is InChI=1S/C20H25NO2/c1-15-8-7-11-19(14-15)23-17(3)20(22)21-16(2)12-13-18-9-5-4-6-10-18/h4-11,14,16-17H,12-13H2,1-3H3,(H,21,22)/t16-,17-/m1/s1. The fourth-order valence-electron chi connectivity index (χ4n) is 2.41. The molecule has 1 amide bonds. The van der Waals surface area contributed by atoms with Gasteiger partial charge in [0.25, 0.3) is 5.91 Å². The van der Waals surface area contributed by atoms with E-state index in [1.807, 2.05) is 56.3 Å². The summed E-state index contributed by atoms with van der Waals surface area (Å²) in [5.41, 5.74) is 2.41. The van der Waals surface area contributed by atoms with Crippen LogP contribution in [0.3, 0.4) is 0 Å². The molecule has 0 spiro atoms. The highest BCUT2D eigenvalue weighted by Gasteiger charge is 2.16. The van der Waals surface area contributed by atoms with Crippen LogP contribution in [-0.4, -0.2) is 18.1 Å². The molecule has 0 saturated carbocycles. The van der Waals surface area contributed by atoms with Crippen molar-refractivity contribution in [3.63, 3.8) is 0 Å². The van der Waals surface area contributed by atoms with E-state index in [2.05, 4.69) is 17.4 Å². The van der Waals surface area contributed by atoms with Crippen molar-refractivity contribution in [3.8, 4) is 5.75 Å². The largest absolute Gasteiger partial charge is 0.481 e. The van der Waals surface area contributed by atoms with Gasteiger partial charge in [-0.1, -0.05) is 42.5 Å². The number of hydrogen-bond acceptors (Lipinski definition) is 2. The van der Waals surface area contributed by atoms with Crippen LogP contribution in [0.25, 0.3) is 0 Å². The maximum absolute atomic E-state index is 12.2. The van der Waals surface area contributed by atoms with Crippen LogP contribution in [0.4, 0.5) is 0 Å². The molecule has 2 atom stereocenters. The third-order valence-corrected chi connectivity index (χ3v) is 3.77. The fourth-order valence-corrected chi connectivity index (χ4v) is 2.41. The molecular weight excluding hydrogens is 286 g/mol. The van der Waals surface area contributed by atoms with Crippen molar-refractivity contribution in [2.45, 2.75) is 45.8 Å². The van der Waals surface area contributed by atoms with Crippen LogP contribution >= 0.6 is 0 Å². The minimum Gasteiger partial charge on any atom is -0.481 e. The smallest absolute Gasteiger partial charge is 0.260 e. The van der Waals surface area contributed by atoms with E-state index < -0.39 is 6.10 Å². The summed E-state index contributed by atoms with van der Waals surface area (Å²) in [4.78, 5) is 12.2. The molecule has 0 unspecified atom stereocenters. The van der Waals surface area contributed by atoms with Gasteiger partial charge in [-0.2, -0.15) is 0 Å². The van der Waals surface area contributed by atoms with E-state index in [-0.39, 0.29) is 11.9 Å². The highest BCUT2D eigenvalue weighted by Crippen LogP contribution is 2.14. The Hall–Kier alpha value is -2.29. The predicted octanol–water partition coefficient (Wildman–Crippen LogP) is 3.90. The molecule has 3 heteroatoms. The second kappa shape index (κ2) is 8.37. The Balaban J connectivity index is 1.78. The van der Waals surface area contributed by atoms with Crippen molar-refractivity contribution in [2.75, 3.05) is 0 Å². The molecule has 23 heavy (non-hydrogen) atoms. The van der Waals surface area contributed by atoms with Gasteiger partial charge >= 0.3 is 0 Å². The summed E-state index contributed by atoms with van der Waals surface area (Å²) in [6.45, 7) is 5.81. The lowest BCUT2D eigenvalue weighted by molar-refractivity contribution is -0.127. The van der Waals surface area contributed by atoms with E-state index in [0.717, 1.165) is 24.2 Å². The van der Waals surface area contributed by atoms with Crippen molar-refractivity contribution in [2.24, 2.45) is 0 Å². The normalized spacial score (nSPS) is 13.2. The molecule has 0 saturated heterocycles. The van der Waals surface area contributed by atoms with E-state index in [1.165, 1.54) is 5.56 Å².